The number of hydrogen-bond donors (Lipinski definition) is 1. The minimum absolute atomic E-state index is 0.167. The fourth-order valence-corrected chi connectivity index (χ4v) is 6.17. The monoisotopic (exact) mass is 454 g/mol. The van der Waals surface area contributed by atoms with Gasteiger partial charge in [0, 0.05) is 18.9 Å². The van der Waals surface area contributed by atoms with Crippen molar-refractivity contribution >= 4 is 10.9 Å². The highest BCUT2D eigenvalue weighted by molar-refractivity contribution is 5.83. The van der Waals surface area contributed by atoms with E-state index < -0.39 is 0 Å². The van der Waals surface area contributed by atoms with E-state index in [4.69, 9.17) is 0 Å². The lowest BCUT2D eigenvalue weighted by Gasteiger charge is -2.41. The van der Waals surface area contributed by atoms with Crippen LogP contribution in [0.5, 0.6) is 0 Å². The molecule has 6 rings (SSSR count). The van der Waals surface area contributed by atoms with Crippen LogP contribution in [-0.2, 0) is 18.3 Å². The van der Waals surface area contributed by atoms with Gasteiger partial charge in [-0.05, 0) is 98.3 Å². The Morgan fingerprint density at radius 3 is 2.74 bits per heavy atom. The van der Waals surface area contributed by atoms with Gasteiger partial charge >= 0.3 is 0 Å². The lowest BCUT2D eigenvalue weighted by molar-refractivity contribution is 0.159. The van der Waals surface area contributed by atoms with Crippen LogP contribution in [0.4, 0.5) is 0 Å². The molecule has 3 aromatic heterocycles. The summed E-state index contributed by atoms with van der Waals surface area (Å²) in [5.74, 6) is 0.584. The number of benzene rings is 1. The van der Waals surface area contributed by atoms with Crippen LogP contribution in [0.25, 0.3) is 16.7 Å². The molecule has 4 heterocycles. The molecule has 0 atom stereocenters. The van der Waals surface area contributed by atoms with Gasteiger partial charge in [-0.1, -0.05) is 12.1 Å². The molecule has 7 heteroatoms. The van der Waals surface area contributed by atoms with Crippen molar-refractivity contribution in [1.29, 1.82) is 0 Å². The van der Waals surface area contributed by atoms with Crippen LogP contribution in [-0.4, -0.2) is 49.3 Å². The summed E-state index contributed by atoms with van der Waals surface area (Å²) >= 11 is 0. The highest BCUT2D eigenvalue weighted by Crippen LogP contribution is 2.48. The molecule has 0 radical (unpaired) electrons. The van der Waals surface area contributed by atoms with Gasteiger partial charge in [-0.2, -0.15) is 5.10 Å². The van der Waals surface area contributed by atoms with Crippen molar-refractivity contribution in [3.63, 3.8) is 0 Å². The summed E-state index contributed by atoms with van der Waals surface area (Å²) in [4.78, 5) is 26.0. The van der Waals surface area contributed by atoms with Gasteiger partial charge in [-0.15, -0.1) is 0 Å². The van der Waals surface area contributed by atoms with E-state index in [2.05, 4.69) is 50.9 Å². The van der Waals surface area contributed by atoms with Gasteiger partial charge in [-0.25, -0.2) is 14.6 Å². The Kier molecular flexibility index (Phi) is 5.10. The van der Waals surface area contributed by atoms with Gasteiger partial charge in [0.1, 0.15) is 5.52 Å². The molecule has 1 spiro atoms. The van der Waals surface area contributed by atoms with Crippen LogP contribution in [0.15, 0.2) is 47.9 Å². The van der Waals surface area contributed by atoms with Gasteiger partial charge in [0.15, 0.2) is 5.82 Å². The predicted molar refractivity (Wildman–Crippen MR) is 133 cm³/mol. The number of nitrogens with zero attached hydrogens (tertiary/aromatic N) is 5. The van der Waals surface area contributed by atoms with E-state index in [1.54, 1.807) is 28.1 Å². The Bertz CT molecular complexity index is 1430. The highest BCUT2D eigenvalue weighted by Gasteiger charge is 2.42. The van der Waals surface area contributed by atoms with E-state index >= 15 is 0 Å². The minimum Gasteiger partial charge on any atom is -0.313 e. The molecule has 7 nitrogen and oxygen atoms in total. The van der Waals surface area contributed by atoms with E-state index in [9.17, 15) is 4.79 Å². The van der Waals surface area contributed by atoms with Crippen LogP contribution in [0.3, 0.4) is 0 Å². The molecule has 1 N–H and O–H groups in total. The number of aromatic amines is 1. The maximum Gasteiger partial charge on any atom is 0.258 e. The minimum atomic E-state index is -0.167. The fraction of sp³-hybridized carbons (Fsp3) is 0.407. The quantitative estimate of drug-likeness (QED) is 0.509. The molecule has 2 aliphatic rings. The number of H-pyrrole nitrogens is 1. The number of likely N-dealkylation sites (tertiary alicyclic amines) is 1. The number of hydrogen-bond acceptors (Lipinski definition) is 5. The smallest absolute Gasteiger partial charge is 0.258 e. The number of pyridine rings is 1. The molecule has 0 amide bonds. The molecule has 1 aromatic carbocycles. The second-order valence-electron chi connectivity index (χ2n) is 9.98. The summed E-state index contributed by atoms with van der Waals surface area (Å²) < 4.78 is 1.73. The van der Waals surface area contributed by atoms with Gasteiger partial charge in [0.2, 0.25) is 0 Å². The largest absolute Gasteiger partial charge is 0.313 e. The molecule has 174 valence electrons. The third-order valence-corrected chi connectivity index (χ3v) is 8.06. The van der Waals surface area contributed by atoms with E-state index in [0.717, 1.165) is 26.1 Å². The van der Waals surface area contributed by atoms with Crippen molar-refractivity contribution in [2.24, 2.45) is 0 Å². The van der Waals surface area contributed by atoms with Crippen molar-refractivity contribution in [2.45, 2.75) is 51.4 Å². The summed E-state index contributed by atoms with van der Waals surface area (Å²) in [7, 11) is 0. The average molecular weight is 455 g/mol. The maximum atomic E-state index is 12.1. The van der Waals surface area contributed by atoms with Crippen LogP contribution < -0.4 is 5.56 Å². The summed E-state index contributed by atoms with van der Waals surface area (Å²) in [6.45, 7) is 7.90. The van der Waals surface area contributed by atoms with E-state index in [0.29, 0.717) is 22.1 Å². The van der Waals surface area contributed by atoms with Crippen LogP contribution in [0.2, 0.25) is 0 Å². The number of aryl methyl sites for hydroxylation is 2. The zero-order valence-electron chi connectivity index (χ0n) is 19.8. The van der Waals surface area contributed by atoms with E-state index in [1.165, 1.54) is 48.7 Å². The summed E-state index contributed by atoms with van der Waals surface area (Å²) in [6, 6.07) is 6.30. The second kappa shape index (κ2) is 8.17. The van der Waals surface area contributed by atoms with Gasteiger partial charge in [0.05, 0.1) is 17.9 Å². The number of nitrogens with one attached hydrogen (secondary N) is 1. The summed E-state index contributed by atoms with van der Waals surface area (Å²) in [5.41, 5.74) is 8.20. The first-order valence-corrected chi connectivity index (χ1v) is 12.2. The molecular formula is C27H30N6O. The molecule has 0 saturated carbocycles. The standard InChI is InChI=1S/C27H30N6O/c1-18-3-4-19(2)23-21(18)5-8-27(23)9-13-32(14-10-27)12-7-20-15-31-33(16-20)25-24-22(6-11-28-25)26(34)30-17-29-24/h3-4,6,11,15-17H,5,7-10,12-14H2,1-2H3,(H,29,30,34). The lowest BCUT2D eigenvalue weighted by atomic mass is 9.72. The van der Waals surface area contributed by atoms with Crippen LogP contribution in [0.1, 0.15) is 47.1 Å². The molecular weight excluding hydrogens is 424 g/mol. The van der Waals surface area contributed by atoms with Crippen molar-refractivity contribution in [3.05, 3.63) is 81.3 Å². The van der Waals surface area contributed by atoms with Crippen molar-refractivity contribution in [1.82, 2.24) is 29.6 Å². The number of aromatic nitrogens is 5. The van der Waals surface area contributed by atoms with Crippen molar-refractivity contribution < 1.29 is 0 Å². The molecule has 34 heavy (non-hydrogen) atoms. The first kappa shape index (κ1) is 21.2. The summed E-state index contributed by atoms with van der Waals surface area (Å²) in [6.07, 6.45) is 13.0. The zero-order valence-corrected chi connectivity index (χ0v) is 19.8. The van der Waals surface area contributed by atoms with Gasteiger partial charge in [-0.3, -0.25) is 4.79 Å². The Balaban J connectivity index is 1.13. The molecule has 1 aliphatic heterocycles. The molecule has 0 unspecified atom stereocenters. The van der Waals surface area contributed by atoms with Crippen molar-refractivity contribution in [3.8, 4) is 5.82 Å². The SMILES string of the molecule is Cc1ccc(C)c2c1CCC21CCN(CCc2cnn(-c3nccc4c(=O)[nH]cnc34)c2)CC1. The maximum absolute atomic E-state index is 12.1. The Hall–Kier alpha value is -3.32. The van der Waals surface area contributed by atoms with Crippen molar-refractivity contribution in [2.75, 3.05) is 19.6 Å². The highest BCUT2D eigenvalue weighted by atomic mass is 16.1. The van der Waals surface area contributed by atoms with E-state index in [-0.39, 0.29) is 5.56 Å². The third kappa shape index (κ3) is 3.46. The number of rotatable bonds is 4. The summed E-state index contributed by atoms with van der Waals surface area (Å²) in [5, 5.41) is 5.03. The molecule has 4 aromatic rings. The molecule has 0 bridgehead atoms. The topological polar surface area (TPSA) is 79.7 Å². The first-order valence-electron chi connectivity index (χ1n) is 12.2. The van der Waals surface area contributed by atoms with Crippen LogP contribution >= 0.6 is 0 Å². The van der Waals surface area contributed by atoms with Crippen LogP contribution in [0, 0.1) is 13.8 Å². The van der Waals surface area contributed by atoms with Gasteiger partial charge < -0.3 is 9.88 Å². The Morgan fingerprint density at radius 1 is 1.06 bits per heavy atom. The van der Waals surface area contributed by atoms with Gasteiger partial charge in [0.25, 0.3) is 5.56 Å². The predicted octanol–water partition coefficient (Wildman–Crippen LogP) is 3.64. The first-order chi connectivity index (χ1) is 16.5. The average Bonchev–Trinajstić information content (AvgIpc) is 3.47. The third-order valence-electron chi connectivity index (χ3n) is 8.06. The second-order valence-corrected chi connectivity index (χ2v) is 9.98. The normalized spacial score (nSPS) is 17.5. The van der Waals surface area contributed by atoms with E-state index in [1.807, 2.05) is 12.4 Å². The fourth-order valence-electron chi connectivity index (χ4n) is 6.17. The molecule has 1 saturated heterocycles. The lowest BCUT2D eigenvalue weighted by Crippen LogP contribution is -2.42. The Morgan fingerprint density at radius 2 is 1.88 bits per heavy atom. The zero-order chi connectivity index (χ0) is 23.3. The molecule has 1 aliphatic carbocycles. The number of piperidine rings is 1. The Labute approximate surface area is 198 Å². The molecule has 1 fully saturated rings. The number of fused-ring (bicyclic) bond motifs is 3.